The Bertz CT molecular complexity index is 896. The summed E-state index contributed by atoms with van der Waals surface area (Å²) in [5.74, 6) is 1.34. The van der Waals surface area contributed by atoms with Gasteiger partial charge in [0.1, 0.15) is 10.8 Å². The Morgan fingerprint density at radius 2 is 2.00 bits per heavy atom. The summed E-state index contributed by atoms with van der Waals surface area (Å²) in [4.78, 5) is 25.3. The smallest absolute Gasteiger partial charge is 0.229 e. The summed E-state index contributed by atoms with van der Waals surface area (Å²) < 4.78 is 2.04. The average molecular weight is 461 g/mol. The summed E-state index contributed by atoms with van der Waals surface area (Å²) in [7, 11) is 2.16. The fourth-order valence-corrected chi connectivity index (χ4v) is 4.45. The molecule has 2 aliphatic heterocycles. The monoisotopic (exact) mass is 460 g/mol. The van der Waals surface area contributed by atoms with Crippen molar-refractivity contribution in [1.82, 2.24) is 29.5 Å². The van der Waals surface area contributed by atoms with Gasteiger partial charge < -0.3 is 20.4 Å². The maximum Gasteiger partial charge on any atom is 0.229 e. The molecule has 32 heavy (non-hydrogen) atoms. The van der Waals surface area contributed by atoms with Crippen LogP contribution in [0.1, 0.15) is 51.0 Å². The van der Waals surface area contributed by atoms with Crippen LogP contribution in [0, 0.1) is 0 Å². The molecule has 9 nitrogen and oxygen atoms in total. The summed E-state index contributed by atoms with van der Waals surface area (Å²) in [6, 6.07) is 0.432. The topological polar surface area (TPSA) is 91.2 Å². The summed E-state index contributed by atoms with van der Waals surface area (Å²) >= 11 is 6.29. The highest BCUT2D eigenvalue weighted by atomic mass is 35.5. The highest BCUT2D eigenvalue weighted by Gasteiger charge is 2.19. The third-order valence-electron chi connectivity index (χ3n) is 6.23. The van der Waals surface area contributed by atoms with Crippen molar-refractivity contribution in [2.45, 2.75) is 51.0 Å². The lowest BCUT2D eigenvalue weighted by Crippen LogP contribution is -2.32. The number of likely N-dealkylation sites (tertiary alicyclic amines) is 2. The summed E-state index contributed by atoms with van der Waals surface area (Å²) in [5, 5.41) is 11.5. The Morgan fingerprint density at radius 3 is 2.84 bits per heavy atom. The van der Waals surface area contributed by atoms with Crippen molar-refractivity contribution in [3.8, 4) is 0 Å². The number of rotatable bonds is 8. The molecule has 2 aliphatic rings. The number of piperidine rings is 1. The van der Waals surface area contributed by atoms with Crippen LogP contribution in [0.2, 0.25) is 5.02 Å². The molecule has 0 bridgehead atoms. The van der Waals surface area contributed by atoms with Crippen LogP contribution in [-0.2, 0) is 4.79 Å². The lowest BCUT2D eigenvalue weighted by atomic mass is 10.1. The highest BCUT2D eigenvalue weighted by molar-refractivity contribution is 6.32. The fourth-order valence-electron chi connectivity index (χ4n) is 4.29. The van der Waals surface area contributed by atoms with Crippen LogP contribution in [0.15, 0.2) is 18.6 Å². The molecule has 174 valence electrons. The molecule has 10 heteroatoms. The quantitative estimate of drug-likeness (QED) is 0.582. The van der Waals surface area contributed by atoms with Crippen LogP contribution in [-0.4, -0.2) is 75.2 Å². The Kier molecular flexibility index (Phi) is 7.81. The van der Waals surface area contributed by atoms with E-state index in [0.717, 1.165) is 70.4 Å². The Labute approximate surface area is 194 Å². The molecule has 0 aliphatic carbocycles. The number of nitrogens with one attached hydrogen (secondary N) is 2. The van der Waals surface area contributed by atoms with Crippen LogP contribution in [0.4, 0.5) is 17.5 Å². The van der Waals surface area contributed by atoms with Crippen molar-refractivity contribution in [3.05, 3.63) is 23.6 Å². The van der Waals surface area contributed by atoms with Gasteiger partial charge in [-0.15, -0.1) is 0 Å². The van der Waals surface area contributed by atoms with E-state index in [9.17, 15) is 4.79 Å². The Hall–Kier alpha value is -2.39. The van der Waals surface area contributed by atoms with Gasteiger partial charge in [0.25, 0.3) is 0 Å². The van der Waals surface area contributed by atoms with Gasteiger partial charge in [-0.05, 0) is 52.2 Å². The van der Waals surface area contributed by atoms with E-state index in [1.807, 2.05) is 22.0 Å². The minimum absolute atomic E-state index is 0.273. The van der Waals surface area contributed by atoms with Gasteiger partial charge in [-0.1, -0.05) is 18.0 Å². The van der Waals surface area contributed by atoms with Gasteiger partial charge in [0, 0.05) is 32.3 Å². The number of carbonyl (C=O) groups excluding carboxylic acids is 1. The molecule has 2 fully saturated rings. The van der Waals surface area contributed by atoms with Crippen molar-refractivity contribution in [2.75, 3.05) is 50.4 Å². The number of carbonyl (C=O) groups is 1. The first kappa shape index (κ1) is 22.8. The minimum atomic E-state index is 0.273. The standard InChI is InChI=1S/C22H33ClN8O/c1-29-12-7-18(8-13-29)31-16-17(14-26-31)27-22-25-15-19(23)21(28-22)24-9-5-11-30-10-4-2-3-6-20(30)32/h14-16,18H,2-13H2,1H3,(H2,24,25,27,28). The van der Waals surface area contributed by atoms with Crippen molar-refractivity contribution in [1.29, 1.82) is 0 Å². The normalized spacial score (nSPS) is 18.6. The van der Waals surface area contributed by atoms with Gasteiger partial charge in [0.15, 0.2) is 0 Å². The van der Waals surface area contributed by atoms with E-state index < -0.39 is 0 Å². The maximum atomic E-state index is 12.1. The molecule has 2 aromatic heterocycles. The van der Waals surface area contributed by atoms with Gasteiger partial charge in [0.2, 0.25) is 11.9 Å². The average Bonchev–Trinajstić information content (AvgIpc) is 3.15. The zero-order valence-electron chi connectivity index (χ0n) is 18.8. The van der Waals surface area contributed by atoms with Crippen LogP contribution >= 0.6 is 11.6 Å². The van der Waals surface area contributed by atoms with Crippen molar-refractivity contribution in [2.24, 2.45) is 0 Å². The molecule has 2 N–H and O–H groups in total. The molecule has 1 amide bonds. The summed E-state index contributed by atoms with van der Waals surface area (Å²) in [6.45, 7) is 4.50. The van der Waals surface area contributed by atoms with Gasteiger partial charge in [-0.3, -0.25) is 9.48 Å². The van der Waals surface area contributed by atoms with Crippen molar-refractivity contribution < 1.29 is 4.79 Å². The largest absolute Gasteiger partial charge is 0.369 e. The zero-order chi connectivity index (χ0) is 22.3. The molecule has 0 aromatic carbocycles. The van der Waals surface area contributed by atoms with E-state index in [4.69, 9.17) is 11.6 Å². The minimum Gasteiger partial charge on any atom is -0.369 e. The molecule has 4 rings (SSSR count). The predicted octanol–water partition coefficient (Wildman–Crippen LogP) is 3.54. The summed E-state index contributed by atoms with van der Waals surface area (Å²) in [5.41, 5.74) is 0.858. The number of aromatic nitrogens is 4. The summed E-state index contributed by atoms with van der Waals surface area (Å²) in [6.07, 6.45) is 12.4. The number of anilines is 3. The van der Waals surface area contributed by atoms with Crippen molar-refractivity contribution in [3.63, 3.8) is 0 Å². The SMILES string of the molecule is CN1CCC(n2cc(Nc3ncc(Cl)c(NCCCN4CCCCCC4=O)n3)cn2)CC1. The van der Waals surface area contributed by atoms with E-state index in [2.05, 4.69) is 37.6 Å². The van der Waals surface area contributed by atoms with Gasteiger partial charge in [-0.25, -0.2) is 4.98 Å². The number of nitrogens with zero attached hydrogens (tertiary/aromatic N) is 6. The second-order valence-electron chi connectivity index (χ2n) is 8.73. The third kappa shape index (κ3) is 6.10. The number of hydrogen-bond donors (Lipinski definition) is 2. The Balaban J connectivity index is 1.28. The number of hydrogen-bond acceptors (Lipinski definition) is 7. The molecular formula is C22H33ClN8O. The first-order valence-electron chi connectivity index (χ1n) is 11.6. The number of halogens is 1. The van der Waals surface area contributed by atoms with Crippen molar-refractivity contribution >= 4 is 35.0 Å². The van der Waals surface area contributed by atoms with Gasteiger partial charge >= 0.3 is 0 Å². The molecule has 0 radical (unpaired) electrons. The molecule has 2 aromatic rings. The molecule has 2 saturated heterocycles. The molecule has 4 heterocycles. The third-order valence-corrected chi connectivity index (χ3v) is 6.51. The maximum absolute atomic E-state index is 12.1. The molecule has 0 spiro atoms. The van der Waals surface area contributed by atoms with Crippen LogP contribution in [0.5, 0.6) is 0 Å². The van der Waals surface area contributed by atoms with E-state index in [0.29, 0.717) is 35.8 Å². The second kappa shape index (κ2) is 11.0. The number of amides is 1. The second-order valence-corrected chi connectivity index (χ2v) is 9.14. The van der Waals surface area contributed by atoms with E-state index in [1.54, 1.807) is 6.20 Å². The molecular weight excluding hydrogens is 428 g/mol. The van der Waals surface area contributed by atoms with Crippen LogP contribution < -0.4 is 10.6 Å². The highest BCUT2D eigenvalue weighted by Crippen LogP contribution is 2.24. The first-order chi connectivity index (χ1) is 15.6. The first-order valence-corrected chi connectivity index (χ1v) is 12.0. The van der Waals surface area contributed by atoms with E-state index in [-0.39, 0.29) is 5.91 Å². The lowest BCUT2D eigenvalue weighted by Gasteiger charge is -2.28. The van der Waals surface area contributed by atoms with E-state index in [1.165, 1.54) is 0 Å². The Morgan fingerprint density at radius 1 is 1.16 bits per heavy atom. The zero-order valence-corrected chi connectivity index (χ0v) is 19.5. The van der Waals surface area contributed by atoms with E-state index >= 15 is 0 Å². The van der Waals surface area contributed by atoms with Gasteiger partial charge in [0.05, 0.1) is 24.1 Å². The molecule has 0 unspecified atom stereocenters. The lowest BCUT2D eigenvalue weighted by molar-refractivity contribution is -0.130. The fraction of sp³-hybridized carbons (Fsp3) is 0.636. The van der Waals surface area contributed by atoms with Gasteiger partial charge in [-0.2, -0.15) is 10.1 Å². The van der Waals surface area contributed by atoms with Crippen LogP contribution in [0.3, 0.4) is 0 Å². The predicted molar refractivity (Wildman–Crippen MR) is 126 cm³/mol. The van der Waals surface area contributed by atoms with Crippen LogP contribution in [0.25, 0.3) is 0 Å². The molecule has 0 saturated carbocycles. The molecule has 0 atom stereocenters.